The van der Waals surface area contributed by atoms with E-state index in [0.717, 1.165) is 24.2 Å². The quantitative estimate of drug-likeness (QED) is 0.620. The van der Waals surface area contributed by atoms with Gasteiger partial charge in [0.05, 0.1) is 30.3 Å². The van der Waals surface area contributed by atoms with Crippen LogP contribution in [-0.4, -0.2) is 54.5 Å². The first kappa shape index (κ1) is 19.1. The molecule has 0 spiro atoms. The zero-order valence-corrected chi connectivity index (χ0v) is 16.3. The first-order valence-corrected chi connectivity index (χ1v) is 10.4. The summed E-state index contributed by atoms with van der Waals surface area (Å²) < 4.78 is 37.3. The van der Waals surface area contributed by atoms with Crippen molar-refractivity contribution in [3.63, 3.8) is 0 Å². The molecule has 8 nitrogen and oxygen atoms in total. The number of methoxy groups -OCH3 is 1. The maximum absolute atomic E-state index is 12.7. The molecule has 1 aliphatic carbocycles. The van der Waals surface area contributed by atoms with Crippen molar-refractivity contribution in [3.8, 4) is 0 Å². The van der Waals surface area contributed by atoms with Crippen LogP contribution in [0.4, 0.5) is 0 Å². The molecule has 1 saturated carbocycles. The monoisotopic (exact) mass is 382 g/mol. The average Bonchev–Trinajstić information content (AvgIpc) is 3.10. The number of sulfone groups is 1. The molecular weight excluding hydrogens is 356 g/mol. The molecular formula is C17H26N4O4S. The molecule has 1 atom stereocenters. The molecule has 2 aromatic heterocycles. The average molecular weight is 382 g/mol. The van der Waals surface area contributed by atoms with Gasteiger partial charge in [0.25, 0.3) is 0 Å². The van der Waals surface area contributed by atoms with E-state index in [0.29, 0.717) is 19.7 Å². The first-order chi connectivity index (χ1) is 12.4. The predicted octanol–water partition coefficient (Wildman–Crippen LogP) is 1.89. The van der Waals surface area contributed by atoms with Crippen molar-refractivity contribution < 1.29 is 17.7 Å². The number of ether oxygens (including phenoxy) is 1. The van der Waals surface area contributed by atoms with E-state index >= 15 is 0 Å². The van der Waals surface area contributed by atoms with Crippen molar-refractivity contribution >= 4 is 9.84 Å². The molecule has 2 aromatic rings. The fraction of sp³-hybridized carbons (Fsp3) is 0.647. The first-order valence-electron chi connectivity index (χ1n) is 8.79. The van der Waals surface area contributed by atoms with E-state index in [2.05, 4.69) is 15.0 Å². The molecule has 144 valence electrons. The smallest absolute Gasteiger partial charge is 0.227 e. The van der Waals surface area contributed by atoms with Gasteiger partial charge in [-0.25, -0.2) is 13.4 Å². The lowest BCUT2D eigenvalue weighted by Gasteiger charge is -2.23. The van der Waals surface area contributed by atoms with E-state index < -0.39 is 9.84 Å². The largest absolute Gasteiger partial charge is 0.383 e. The molecule has 3 rings (SSSR count). The summed E-state index contributed by atoms with van der Waals surface area (Å²) in [5.74, 6) is 0.465. The fourth-order valence-electron chi connectivity index (χ4n) is 2.91. The van der Waals surface area contributed by atoms with E-state index in [1.54, 1.807) is 24.1 Å². The van der Waals surface area contributed by atoms with E-state index in [4.69, 9.17) is 9.26 Å². The van der Waals surface area contributed by atoms with Crippen LogP contribution in [-0.2, 0) is 27.7 Å². The Kier molecular flexibility index (Phi) is 5.79. The zero-order chi connectivity index (χ0) is 18.7. The number of hydrogen-bond donors (Lipinski definition) is 0. The Morgan fingerprint density at radius 3 is 2.85 bits per heavy atom. The minimum absolute atomic E-state index is 0.0334. The zero-order valence-electron chi connectivity index (χ0n) is 15.5. The predicted molar refractivity (Wildman–Crippen MR) is 95.3 cm³/mol. The van der Waals surface area contributed by atoms with E-state index in [1.165, 1.54) is 0 Å². The Labute approximate surface area is 154 Å². The Morgan fingerprint density at radius 2 is 2.23 bits per heavy atom. The highest BCUT2D eigenvalue weighted by atomic mass is 32.2. The van der Waals surface area contributed by atoms with Crippen LogP contribution in [0.15, 0.2) is 28.2 Å². The van der Waals surface area contributed by atoms with Crippen LogP contribution >= 0.6 is 0 Å². The second kappa shape index (κ2) is 7.89. The van der Waals surface area contributed by atoms with E-state index in [1.807, 2.05) is 20.0 Å². The molecule has 0 aliphatic heterocycles. The Hall–Kier alpha value is -1.71. The van der Waals surface area contributed by atoms with Gasteiger partial charge in [-0.15, -0.1) is 0 Å². The molecule has 0 bridgehead atoms. The van der Waals surface area contributed by atoms with Gasteiger partial charge in [0, 0.05) is 26.3 Å². The number of rotatable bonds is 10. The van der Waals surface area contributed by atoms with Gasteiger partial charge in [0.1, 0.15) is 12.0 Å². The van der Waals surface area contributed by atoms with Gasteiger partial charge in [0.15, 0.2) is 0 Å². The Bertz CT molecular complexity index is 812. The third-order valence-electron chi connectivity index (χ3n) is 4.81. The lowest BCUT2D eigenvalue weighted by Crippen LogP contribution is -2.25. The second-order valence-electron chi connectivity index (χ2n) is 6.92. The molecule has 1 aliphatic rings. The number of nitrogens with zero attached hydrogens (tertiary/aromatic N) is 4. The van der Waals surface area contributed by atoms with Gasteiger partial charge < -0.3 is 13.8 Å². The van der Waals surface area contributed by atoms with Crippen LogP contribution in [0, 0.1) is 5.92 Å². The van der Waals surface area contributed by atoms with Crippen molar-refractivity contribution in [2.45, 2.75) is 44.1 Å². The normalized spacial score (nSPS) is 16.3. The van der Waals surface area contributed by atoms with E-state index in [9.17, 15) is 8.42 Å². The maximum atomic E-state index is 12.7. The highest BCUT2D eigenvalue weighted by molar-refractivity contribution is 7.91. The van der Waals surface area contributed by atoms with Crippen LogP contribution in [0.3, 0.4) is 0 Å². The number of aromatic nitrogens is 3. The summed E-state index contributed by atoms with van der Waals surface area (Å²) in [6, 6.07) is 1.86. The van der Waals surface area contributed by atoms with Crippen molar-refractivity contribution in [3.05, 3.63) is 29.9 Å². The highest BCUT2D eigenvalue weighted by Crippen LogP contribution is 2.32. The summed E-state index contributed by atoms with van der Waals surface area (Å²) in [4.78, 5) is 6.33. The summed E-state index contributed by atoms with van der Waals surface area (Å²) in [7, 11) is 0.182. The molecule has 0 saturated heterocycles. The number of hydrogen-bond acceptors (Lipinski definition) is 7. The maximum Gasteiger partial charge on any atom is 0.227 e. The molecule has 26 heavy (non-hydrogen) atoms. The lowest BCUT2D eigenvalue weighted by molar-refractivity contribution is 0.180. The topological polar surface area (TPSA) is 90.5 Å². The summed E-state index contributed by atoms with van der Waals surface area (Å²) in [5, 5.41) is 4.13. The van der Waals surface area contributed by atoms with Gasteiger partial charge in [-0.05, 0) is 32.7 Å². The molecule has 0 aromatic carbocycles. The van der Waals surface area contributed by atoms with Gasteiger partial charge in [0.2, 0.25) is 15.0 Å². The van der Waals surface area contributed by atoms with Crippen molar-refractivity contribution in [1.29, 1.82) is 0 Å². The molecule has 0 radical (unpaired) electrons. The second-order valence-corrected chi connectivity index (χ2v) is 8.84. The van der Waals surface area contributed by atoms with Crippen molar-refractivity contribution in [2.24, 2.45) is 5.92 Å². The van der Waals surface area contributed by atoms with E-state index in [-0.39, 0.29) is 22.9 Å². The summed E-state index contributed by atoms with van der Waals surface area (Å²) in [5.41, 5.74) is 1.67. The van der Waals surface area contributed by atoms with Crippen LogP contribution < -0.4 is 0 Å². The third-order valence-corrected chi connectivity index (χ3v) is 6.60. The summed E-state index contributed by atoms with van der Waals surface area (Å²) in [6.45, 7) is 3.46. The van der Waals surface area contributed by atoms with Crippen LogP contribution in [0.1, 0.15) is 37.2 Å². The summed E-state index contributed by atoms with van der Waals surface area (Å²) in [6.07, 6.45) is 5.18. The summed E-state index contributed by atoms with van der Waals surface area (Å²) >= 11 is 0. The fourth-order valence-corrected chi connectivity index (χ4v) is 4.77. The Morgan fingerprint density at radius 1 is 1.46 bits per heavy atom. The third kappa shape index (κ3) is 4.33. The molecule has 9 heteroatoms. The molecule has 0 unspecified atom stereocenters. The van der Waals surface area contributed by atoms with Crippen LogP contribution in [0.2, 0.25) is 0 Å². The standard InChI is InChI=1S/C17H26N4O4S/c1-13(16-6-8-25-19-16)20(2)11-15-10-18-17(21(15)7-9-24-3)26(22,23)12-14-4-5-14/h6,8,10,13-14H,4-5,7,9,11-12H2,1-3H3/t13-/m0/s1. The van der Waals surface area contributed by atoms with Gasteiger partial charge in [-0.1, -0.05) is 5.16 Å². The SMILES string of the molecule is COCCn1c(CN(C)[C@@H](C)c2ccon2)cnc1S(=O)(=O)CC1CC1. The molecule has 0 amide bonds. The highest BCUT2D eigenvalue weighted by Gasteiger charge is 2.32. The van der Waals surface area contributed by atoms with Crippen LogP contribution in [0.25, 0.3) is 0 Å². The molecule has 2 heterocycles. The minimum atomic E-state index is -3.39. The van der Waals surface area contributed by atoms with Crippen molar-refractivity contribution in [1.82, 2.24) is 19.6 Å². The van der Waals surface area contributed by atoms with Crippen molar-refractivity contribution in [2.75, 3.05) is 26.5 Å². The van der Waals surface area contributed by atoms with Gasteiger partial charge >= 0.3 is 0 Å². The number of imidazole rings is 1. The molecule has 0 N–H and O–H groups in total. The van der Waals surface area contributed by atoms with Gasteiger partial charge in [-0.3, -0.25) is 4.90 Å². The lowest BCUT2D eigenvalue weighted by atomic mass is 10.2. The van der Waals surface area contributed by atoms with Gasteiger partial charge in [-0.2, -0.15) is 0 Å². The Balaban J connectivity index is 1.81. The van der Waals surface area contributed by atoms with Crippen LogP contribution in [0.5, 0.6) is 0 Å². The molecule has 1 fully saturated rings. The minimum Gasteiger partial charge on any atom is -0.383 e.